The van der Waals surface area contributed by atoms with Crippen LogP contribution in [0.15, 0.2) is 52.1 Å². The molecule has 12 heteroatoms. The number of benzene rings is 2. The lowest BCUT2D eigenvalue weighted by atomic mass is 10.1. The van der Waals surface area contributed by atoms with Crippen molar-refractivity contribution in [3.63, 3.8) is 0 Å². The first-order valence-corrected chi connectivity index (χ1v) is 10.4. The lowest BCUT2D eigenvalue weighted by Gasteiger charge is -2.15. The number of nitrogens with one attached hydrogen (secondary N) is 1. The molecule has 3 rings (SSSR count). The number of ether oxygens (including phenoxy) is 2. The van der Waals surface area contributed by atoms with Crippen molar-refractivity contribution in [1.82, 2.24) is 19.7 Å². The molecule has 3 aromatic rings. The molecule has 0 fully saturated rings. The zero-order valence-electron chi connectivity index (χ0n) is 19.3. The second-order valence-electron chi connectivity index (χ2n) is 7.80. The number of aromatic nitrogens is 3. The van der Waals surface area contributed by atoms with Crippen molar-refractivity contribution < 1.29 is 27.4 Å². The van der Waals surface area contributed by atoms with Crippen molar-refractivity contribution in [2.75, 3.05) is 14.2 Å². The fraction of sp³-hybridized carbons (Fsp3) is 0.304. The van der Waals surface area contributed by atoms with Gasteiger partial charge >= 0.3 is 11.9 Å². The maximum atomic E-state index is 13.3. The molecule has 186 valence electrons. The minimum atomic E-state index is -4.61. The number of carbonyl (C=O) groups is 1. The number of rotatable bonds is 7. The standard InChI is InChI=1S/C23H23F3N4O5/c1-13(2)27-20(31)19-21(32)29(12-14-6-5-7-15(10-14)23(24,25)26)22(33)30(28-19)16-8-9-17(34-3)18(11-16)35-4/h5-11,13H,12H2,1-4H3,(H,27,31). The number of hydrogen-bond donors (Lipinski definition) is 1. The van der Waals surface area contributed by atoms with Crippen molar-refractivity contribution >= 4 is 5.91 Å². The number of halogens is 3. The highest BCUT2D eigenvalue weighted by atomic mass is 19.4. The van der Waals surface area contributed by atoms with E-state index >= 15 is 0 Å². The summed E-state index contributed by atoms with van der Waals surface area (Å²) >= 11 is 0. The van der Waals surface area contributed by atoms with Gasteiger partial charge in [0, 0.05) is 12.1 Å². The topological polar surface area (TPSA) is 104 Å². The first-order chi connectivity index (χ1) is 16.5. The Morgan fingerprint density at radius 2 is 1.74 bits per heavy atom. The SMILES string of the molecule is COc1ccc(-n2nc(C(=O)NC(C)C)c(=O)n(Cc3cccc(C(F)(F)F)c3)c2=O)cc1OC. The predicted molar refractivity (Wildman–Crippen MR) is 120 cm³/mol. The number of nitrogens with zero attached hydrogens (tertiary/aromatic N) is 3. The molecule has 0 spiro atoms. The van der Waals surface area contributed by atoms with Gasteiger partial charge in [0.15, 0.2) is 11.5 Å². The zero-order chi connectivity index (χ0) is 25.9. The van der Waals surface area contributed by atoms with E-state index in [2.05, 4.69) is 10.4 Å². The molecule has 1 heterocycles. The van der Waals surface area contributed by atoms with Crippen molar-refractivity contribution in [2.45, 2.75) is 32.6 Å². The average molecular weight is 492 g/mol. The Bertz CT molecular complexity index is 1360. The highest BCUT2D eigenvalue weighted by Gasteiger charge is 2.30. The van der Waals surface area contributed by atoms with Crippen LogP contribution in [0.3, 0.4) is 0 Å². The van der Waals surface area contributed by atoms with Gasteiger partial charge in [-0.1, -0.05) is 12.1 Å². The van der Waals surface area contributed by atoms with E-state index in [-0.39, 0.29) is 23.0 Å². The fourth-order valence-electron chi connectivity index (χ4n) is 3.28. The number of carbonyl (C=O) groups excluding carboxylic acids is 1. The molecule has 0 aliphatic rings. The van der Waals surface area contributed by atoms with Crippen LogP contribution in [0.25, 0.3) is 5.69 Å². The summed E-state index contributed by atoms with van der Waals surface area (Å²) in [4.78, 5) is 39.0. The summed E-state index contributed by atoms with van der Waals surface area (Å²) in [6.07, 6.45) is -4.61. The molecule has 0 aliphatic carbocycles. The molecule has 0 unspecified atom stereocenters. The van der Waals surface area contributed by atoms with Gasteiger partial charge < -0.3 is 14.8 Å². The van der Waals surface area contributed by atoms with Crippen LogP contribution >= 0.6 is 0 Å². The van der Waals surface area contributed by atoms with Crippen molar-refractivity contribution in [2.24, 2.45) is 0 Å². The fourth-order valence-corrected chi connectivity index (χ4v) is 3.28. The molecule has 2 aromatic carbocycles. The van der Waals surface area contributed by atoms with Gasteiger partial charge in [0.2, 0.25) is 5.69 Å². The lowest BCUT2D eigenvalue weighted by Crippen LogP contribution is -2.46. The molecule has 0 saturated heterocycles. The lowest BCUT2D eigenvalue weighted by molar-refractivity contribution is -0.137. The second kappa shape index (κ2) is 10.0. The number of alkyl halides is 3. The Balaban J connectivity index is 2.23. The van der Waals surface area contributed by atoms with E-state index in [0.29, 0.717) is 10.3 Å². The second-order valence-corrected chi connectivity index (χ2v) is 7.80. The number of methoxy groups -OCH3 is 2. The van der Waals surface area contributed by atoms with Gasteiger partial charge in [-0.15, -0.1) is 0 Å². The van der Waals surface area contributed by atoms with Crippen LogP contribution in [0.4, 0.5) is 13.2 Å². The van der Waals surface area contributed by atoms with E-state index < -0.39 is 41.1 Å². The maximum absolute atomic E-state index is 13.3. The molecule has 9 nitrogen and oxygen atoms in total. The summed E-state index contributed by atoms with van der Waals surface area (Å²) in [5, 5.41) is 6.50. The molecule has 1 N–H and O–H groups in total. The highest BCUT2D eigenvalue weighted by Crippen LogP contribution is 2.30. The molecule has 0 radical (unpaired) electrons. The molecular weight excluding hydrogens is 469 g/mol. The van der Waals surface area contributed by atoms with Crippen LogP contribution in [0.1, 0.15) is 35.5 Å². The predicted octanol–water partition coefficient (Wildman–Crippen LogP) is 2.62. The zero-order valence-corrected chi connectivity index (χ0v) is 19.3. The van der Waals surface area contributed by atoms with E-state index in [9.17, 15) is 27.6 Å². The molecule has 1 aromatic heterocycles. The number of hydrogen-bond acceptors (Lipinski definition) is 6. The summed E-state index contributed by atoms with van der Waals surface area (Å²) in [7, 11) is 2.81. The Hall–Kier alpha value is -4.09. The van der Waals surface area contributed by atoms with Crippen LogP contribution in [-0.4, -0.2) is 40.5 Å². The van der Waals surface area contributed by atoms with Crippen LogP contribution < -0.4 is 26.0 Å². The van der Waals surface area contributed by atoms with Crippen molar-refractivity contribution in [3.05, 3.63) is 80.1 Å². The van der Waals surface area contributed by atoms with Crippen molar-refractivity contribution in [3.8, 4) is 17.2 Å². The summed E-state index contributed by atoms with van der Waals surface area (Å²) < 4.78 is 51.4. The molecule has 0 aliphatic heterocycles. The highest BCUT2D eigenvalue weighted by molar-refractivity contribution is 5.91. The third-order valence-corrected chi connectivity index (χ3v) is 4.90. The average Bonchev–Trinajstić information content (AvgIpc) is 2.80. The van der Waals surface area contributed by atoms with Crippen LogP contribution in [0.5, 0.6) is 11.5 Å². The smallest absolute Gasteiger partial charge is 0.416 e. The summed E-state index contributed by atoms with van der Waals surface area (Å²) in [5.41, 5.74) is -3.35. The minimum Gasteiger partial charge on any atom is -0.493 e. The van der Waals surface area contributed by atoms with Crippen LogP contribution in [0, 0.1) is 0 Å². The molecule has 1 amide bonds. The van der Waals surface area contributed by atoms with Gasteiger partial charge in [-0.05, 0) is 43.7 Å². The Kier molecular flexibility index (Phi) is 7.32. The minimum absolute atomic E-state index is 0.0410. The van der Waals surface area contributed by atoms with Crippen LogP contribution in [-0.2, 0) is 12.7 Å². The first kappa shape index (κ1) is 25.5. The van der Waals surface area contributed by atoms with Gasteiger partial charge in [-0.3, -0.25) is 14.2 Å². The van der Waals surface area contributed by atoms with E-state index in [4.69, 9.17) is 9.47 Å². The first-order valence-electron chi connectivity index (χ1n) is 10.4. The largest absolute Gasteiger partial charge is 0.493 e. The van der Waals surface area contributed by atoms with E-state index in [1.807, 2.05) is 0 Å². The Morgan fingerprint density at radius 3 is 2.34 bits per heavy atom. The summed E-state index contributed by atoms with van der Waals surface area (Å²) in [6, 6.07) is 8.25. The van der Waals surface area contributed by atoms with Gasteiger partial charge in [-0.25, -0.2) is 4.79 Å². The van der Waals surface area contributed by atoms with E-state index in [0.717, 1.165) is 16.8 Å². The van der Waals surface area contributed by atoms with Gasteiger partial charge in [0.25, 0.3) is 11.5 Å². The van der Waals surface area contributed by atoms with Gasteiger partial charge in [0.05, 0.1) is 32.0 Å². The molecule has 0 bridgehead atoms. The van der Waals surface area contributed by atoms with E-state index in [1.165, 1.54) is 44.6 Å². The van der Waals surface area contributed by atoms with Crippen molar-refractivity contribution in [1.29, 1.82) is 0 Å². The van der Waals surface area contributed by atoms with Gasteiger partial charge in [-0.2, -0.15) is 23.0 Å². The third-order valence-electron chi connectivity index (χ3n) is 4.90. The summed E-state index contributed by atoms with van der Waals surface area (Å²) in [6.45, 7) is 2.83. The van der Waals surface area contributed by atoms with E-state index in [1.54, 1.807) is 13.8 Å². The summed E-state index contributed by atoms with van der Waals surface area (Å²) in [5.74, 6) is -0.223. The molecule has 35 heavy (non-hydrogen) atoms. The third kappa shape index (κ3) is 5.53. The Morgan fingerprint density at radius 1 is 1.06 bits per heavy atom. The molecule has 0 saturated carbocycles. The van der Waals surface area contributed by atoms with Gasteiger partial charge in [0.1, 0.15) is 0 Å². The molecular formula is C23H23F3N4O5. The number of amides is 1. The Labute approximate surface area is 197 Å². The normalized spacial score (nSPS) is 11.4. The quantitative estimate of drug-likeness (QED) is 0.544. The molecule has 0 atom stereocenters. The monoisotopic (exact) mass is 492 g/mol. The van der Waals surface area contributed by atoms with Crippen LogP contribution in [0.2, 0.25) is 0 Å². The maximum Gasteiger partial charge on any atom is 0.416 e.